The Morgan fingerprint density at radius 2 is 1.89 bits per heavy atom. The lowest BCUT2D eigenvalue weighted by Gasteiger charge is -2.25. The number of fused-ring (bicyclic) bond motifs is 1. The minimum absolute atomic E-state index is 0.00994. The van der Waals surface area contributed by atoms with Gasteiger partial charge in [-0.25, -0.2) is 0 Å². The summed E-state index contributed by atoms with van der Waals surface area (Å²) >= 11 is 0. The molecule has 2 fully saturated rings. The highest BCUT2D eigenvalue weighted by atomic mass is 16.4. The van der Waals surface area contributed by atoms with Gasteiger partial charge in [0, 0.05) is 51.1 Å². The SMILES string of the molecule is CC(=O)N1CC2CN(Cc3ccc(-c4ccc(C)o4)cc3)CC2(C(=O)O)C1. The summed E-state index contributed by atoms with van der Waals surface area (Å²) in [7, 11) is 0. The molecule has 1 aromatic carbocycles. The number of carboxylic acids is 1. The topological polar surface area (TPSA) is 74.0 Å². The van der Waals surface area contributed by atoms with Gasteiger partial charge in [-0.3, -0.25) is 14.5 Å². The number of hydrogen-bond donors (Lipinski definition) is 1. The van der Waals surface area contributed by atoms with Crippen LogP contribution in [0.4, 0.5) is 0 Å². The van der Waals surface area contributed by atoms with E-state index in [1.54, 1.807) is 4.90 Å². The Kier molecular flexibility index (Phi) is 4.30. The molecule has 27 heavy (non-hydrogen) atoms. The summed E-state index contributed by atoms with van der Waals surface area (Å²) in [5.74, 6) is 0.895. The molecule has 1 aromatic heterocycles. The molecule has 142 valence electrons. The van der Waals surface area contributed by atoms with Gasteiger partial charge in [0.2, 0.25) is 5.91 Å². The van der Waals surface area contributed by atoms with E-state index in [1.165, 1.54) is 6.92 Å². The third-order valence-corrected chi connectivity index (χ3v) is 5.94. The van der Waals surface area contributed by atoms with Crippen LogP contribution in [0, 0.1) is 18.3 Å². The first-order valence-corrected chi connectivity index (χ1v) is 9.24. The minimum atomic E-state index is -0.836. The van der Waals surface area contributed by atoms with Crippen molar-refractivity contribution in [2.45, 2.75) is 20.4 Å². The lowest BCUT2D eigenvalue weighted by atomic mass is 9.81. The Labute approximate surface area is 158 Å². The fraction of sp³-hybridized carbons (Fsp3) is 0.429. The Bertz CT molecular complexity index is 873. The average Bonchev–Trinajstić information content (AvgIpc) is 3.28. The van der Waals surface area contributed by atoms with Gasteiger partial charge in [-0.1, -0.05) is 24.3 Å². The van der Waals surface area contributed by atoms with E-state index in [-0.39, 0.29) is 11.8 Å². The first kappa shape index (κ1) is 17.8. The summed E-state index contributed by atoms with van der Waals surface area (Å²) in [5.41, 5.74) is 1.34. The molecule has 2 unspecified atom stereocenters. The third-order valence-electron chi connectivity index (χ3n) is 5.94. The van der Waals surface area contributed by atoms with Crippen LogP contribution < -0.4 is 0 Å². The van der Waals surface area contributed by atoms with Gasteiger partial charge in [0.15, 0.2) is 0 Å². The van der Waals surface area contributed by atoms with Gasteiger partial charge in [-0.15, -0.1) is 0 Å². The van der Waals surface area contributed by atoms with Crippen LogP contribution in [0.3, 0.4) is 0 Å². The van der Waals surface area contributed by atoms with Crippen molar-refractivity contribution in [3.8, 4) is 11.3 Å². The quantitative estimate of drug-likeness (QED) is 0.898. The molecule has 2 saturated heterocycles. The van der Waals surface area contributed by atoms with Crippen molar-refractivity contribution in [2.24, 2.45) is 11.3 Å². The predicted octanol–water partition coefficient (Wildman–Crippen LogP) is 2.62. The molecule has 2 aliphatic heterocycles. The average molecular weight is 368 g/mol. The molecule has 3 heterocycles. The number of benzene rings is 1. The smallest absolute Gasteiger partial charge is 0.313 e. The van der Waals surface area contributed by atoms with Crippen molar-refractivity contribution in [1.29, 1.82) is 0 Å². The number of amides is 1. The molecule has 2 aromatic rings. The van der Waals surface area contributed by atoms with Crippen LogP contribution >= 0.6 is 0 Å². The van der Waals surface area contributed by atoms with Crippen LogP contribution in [0.15, 0.2) is 40.8 Å². The Morgan fingerprint density at radius 1 is 1.15 bits per heavy atom. The second-order valence-corrected chi connectivity index (χ2v) is 7.83. The second kappa shape index (κ2) is 6.53. The molecular weight excluding hydrogens is 344 g/mol. The van der Waals surface area contributed by atoms with Crippen LogP contribution in [0.5, 0.6) is 0 Å². The van der Waals surface area contributed by atoms with Gasteiger partial charge in [0.25, 0.3) is 0 Å². The predicted molar refractivity (Wildman–Crippen MR) is 100.0 cm³/mol. The number of carbonyl (C=O) groups is 2. The maximum atomic E-state index is 12.0. The highest BCUT2D eigenvalue weighted by Crippen LogP contribution is 2.43. The van der Waals surface area contributed by atoms with E-state index in [0.29, 0.717) is 32.7 Å². The van der Waals surface area contributed by atoms with E-state index >= 15 is 0 Å². The number of furan rings is 1. The largest absolute Gasteiger partial charge is 0.481 e. The van der Waals surface area contributed by atoms with Crippen LogP contribution in [-0.2, 0) is 16.1 Å². The number of aliphatic carboxylic acids is 1. The van der Waals surface area contributed by atoms with E-state index in [0.717, 1.165) is 22.6 Å². The lowest BCUT2D eigenvalue weighted by Crippen LogP contribution is -2.41. The molecule has 0 radical (unpaired) electrons. The molecule has 0 aliphatic carbocycles. The molecule has 2 atom stereocenters. The van der Waals surface area contributed by atoms with Crippen LogP contribution in [0.2, 0.25) is 0 Å². The standard InChI is InChI=1S/C21H24N2O4/c1-14-3-8-19(27-14)17-6-4-16(5-7-17)9-22-10-18-11-23(15(2)24)13-21(18,12-22)20(25)26/h3-8,18H,9-13H2,1-2H3,(H,25,26). The molecule has 0 saturated carbocycles. The normalized spacial score (nSPS) is 25.0. The molecule has 6 nitrogen and oxygen atoms in total. The Hall–Kier alpha value is -2.60. The zero-order valence-electron chi connectivity index (χ0n) is 15.6. The summed E-state index contributed by atoms with van der Waals surface area (Å²) in [6.07, 6.45) is 0. The van der Waals surface area contributed by atoms with E-state index in [2.05, 4.69) is 17.0 Å². The summed E-state index contributed by atoms with van der Waals surface area (Å²) in [6.45, 7) is 6.18. The molecule has 4 rings (SSSR count). The molecule has 1 amide bonds. The number of rotatable bonds is 4. The lowest BCUT2D eigenvalue weighted by molar-refractivity contribution is -0.149. The zero-order chi connectivity index (χ0) is 19.2. The first-order chi connectivity index (χ1) is 12.9. The Morgan fingerprint density at radius 3 is 2.44 bits per heavy atom. The van der Waals surface area contributed by atoms with Crippen LogP contribution in [0.25, 0.3) is 11.3 Å². The van der Waals surface area contributed by atoms with Gasteiger partial charge in [-0.05, 0) is 24.6 Å². The molecule has 0 bridgehead atoms. The fourth-order valence-electron chi connectivity index (χ4n) is 4.45. The summed E-state index contributed by atoms with van der Waals surface area (Å²) < 4.78 is 5.65. The fourth-order valence-corrected chi connectivity index (χ4v) is 4.45. The summed E-state index contributed by atoms with van der Waals surface area (Å²) in [5, 5.41) is 9.85. The van der Waals surface area contributed by atoms with Crippen molar-refractivity contribution < 1.29 is 19.1 Å². The van der Waals surface area contributed by atoms with Gasteiger partial charge in [-0.2, -0.15) is 0 Å². The van der Waals surface area contributed by atoms with Crippen molar-refractivity contribution in [1.82, 2.24) is 9.80 Å². The van der Waals surface area contributed by atoms with Crippen LogP contribution in [-0.4, -0.2) is 53.0 Å². The number of aryl methyl sites for hydroxylation is 1. The maximum absolute atomic E-state index is 12.0. The second-order valence-electron chi connectivity index (χ2n) is 7.83. The number of hydrogen-bond acceptors (Lipinski definition) is 4. The van der Waals surface area contributed by atoms with E-state index < -0.39 is 11.4 Å². The Balaban J connectivity index is 1.45. The molecule has 0 spiro atoms. The van der Waals surface area contributed by atoms with Crippen molar-refractivity contribution >= 4 is 11.9 Å². The summed E-state index contributed by atoms with van der Waals surface area (Å²) in [4.78, 5) is 27.5. The van der Waals surface area contributed by atoms with E-state index in [9.17, 15) is 14.7 Å². The zero-order valence-corrected chi connectivity index (χ0v) is 15.6. The summed E-state index contributed by atoms with van der Waals surface area (Å²) in [6, 6.07) is 12.1. The molecular formula is C21H24N2O4. The van der Waals surface area contributed by atoms with Gasteiger partial charge in [0.05, 0.1) is 0 Å². The van der Waals surface area contributed by atoms with Gasteiger partial charge in [0.1, 0.15) is 16.9 Å². The van der Waals surface area contributed by atoms with Crippen LogP contribution in [0.1, 0.15) is 18.2 Å². The van der Waals surface area contributed by atoms with E-state index in [1.807, 2.05) is 31.2 Å². The van der Waals surface area contributed by atoms with Crippen molar-refractivity contribution in [2.75, 3.05) is 26.2 Å². The number of carbonyl (C=O) groups excluding carboxylic acids is 1. The van der Waals surface area contributed by atoms with Gasteiger partial charge < -0.3 is 14.4 Å². The monoisotopic (exact) mass is 368 g/mol. The third kappa shape index (κ3) is 3.14. The number of nitrogens with zero attached hydrogens (tertiary/aromatic N) is 2. The van der Waals surface area contributed by atoms with Crippen molar-refractivity contribution in [3.05, 3.63) is 47.7 Å². The number of carboxylic acid groups (broad SMARTS) is 1. The maximum Gasteiger partial charge on any atom is 0.313 e. The molecule has 6 heteroatoms. The molecule has 1 N–H and O–H groups in total. The highest BCUT2D eigenvalue weighted by Gasteiger charge is 2.57. The number of likely N-dealkylation sites (tertiary alicyclic amines) is 2. The first-order valence-electron chi connectivity index (χ1n) is 9.24. The van der Waals surface area contributed by atoms with E-state index in [4.69, 9.17) is 4.42 Å². The van der Waals surface area contributed by atoms with Crippen molar-refractivity contribution in [3.63, 3.8) is 0 Å². The molecule has 2 aliphatic rings. The van der Waals surface area contributed by atoms with Gasteiger partial charge >= 0.3 is 5.97 Å². The highest BCUT2D eigenvalue weighted by molar-refractivity contribution is 5.80. The minimum Gasteiger partial charge on any atom is -0.481 e.